The fourth-order valence-corrected chi connectivity index (χ4v) is 4.55. The van der Waals surface area contributed by atoms with Gasteiger partial charge in [0.1, 0.15) is 0 Å². The number of nitrogens with one attached hydrogen (secondary N) is 2. The molecule has 6 nitrogen and oxygen atoms in total. The van der Waals surface area contributed by atoms with Gasteiger partial charge in [-0.15, -0.1) is 11.3 Å². The topological polar surface area (TPSA) is 64.7 Å². The largest absolute Gasteiger partial charge is 0.335 e. The summed E-state index contributed by atoms with van der Waals surface area (Å²) in [5.74, 6) is -0.228. The molecule has 2 aliphatic rings. The van der Waals surface area contributed by atoms with Crippen LogP contribution in [0, 0.1) is 0 Å². The quantitative estimate of drug-likeness (QED) is 0.817. The summed E-state index contributed by atoms with van der Waals surface area (Å²) in [5.41, 5.74) is 0. The zero-order valence-corrected chi connectivity index (χ0v) is 15.9. The lowest BCUT2D eigenvalue weighted by atomic mass is 10.2. The van der Waals surface area contributed by atoms with E-state index in [2.05, 4.69) is 26.5 Å². The van der Waals surface area contributed by atoms with Crippen LogP contribution in [-0.4, -0.2) is 60.5 Å². The van der Waals surface area contributed by atoms with Gasteiger partial charge in [0.05, 0.1) is 10.9 Å². The van der Waals surface area contributed by atoms with Crippen LogP contribution in [0.4, 0.5) is 4.79 Å². The van der Waals surface area contributed by atoms with Gasteiger partial charge in [-0.2, -0.15) is 0 Å². The molecule has 1 aromatic rings. The van der Waals surface area contributed by atoms with Crippen LogP contribution in [-0.2, 0) is 11.3 Å². The van der Waals surface area contributed by atoms with Crippen LogP contribution in [0.15, 0.2) is 12.1 Å². The van der Waals surface area contributed by atoms with Crippen molar-refractivity contribution in [1.82, 2.24) is 20.4 Å². The van der Waals surface area contributed by atoms with E-state index in [1.807, 2.05) is 6.07 Å². The van der Waals surface area contributed by atoms with Crippen molar-refractivity contribution in [1.29, 1.82) is 0 Å². The molecule has 0 bridgehead atoms. The maximum Gasteiger partial charge on any atom is 0.321 e. The van der Waals surface area contributed by atoms with Crippen LogP contribution in [0.3, 0.4) is 0 Å². The average molecular weight is 385 g/mol. The molecule has 1 aliphatic carbocycles. The van der Waals surface area contributed by atoms with Crippen LogP contribution in [0.5, 0.6) is 0 Å². The molecule has 0 atom stereocenters. The second-order valence-corrected chi connectivity index (χ2v) is 8.56. The molecule has 25 heavy (non-hydrogen) atoms. The van der Waals surface area contributed by atoms with Crippen LogP contribution >= 0.6 is 22.9 Å². The maximum absolute atomic E-state index is 12.0. The summed E-state index contributed by atoms with van der Waals surface area (Å²) in [6.07, 6.45) is 4.33. The highest BCUT2D eigenvalue weighted by Crippen LogP contribution is 2.23. The number of nitrogens with zero attached hydrogens (tertiary/aromatic N) is 2. The van der Waals surface area contributed by atoms with E-state index >= 15 is 0 Å². The van der Waals surface area contributed by atoms with E-state index in [0.29, 0.717) is 0 Å². The van der Waals surface area contributed by atoms with Gasteiger partial charge >= 0.3 is 6.03 Å². The fourth-order valence-electron chi connectivity index (χ4n) is 3.42. The minimum Gasteiger partial charge on any atom is -0.335 e. The molecule has 0 radical (unpaired) electrons. The number of hydrogen-bond donors (Lipinski definition) is 2. The lowest BCUT2D eigenvalue weighted by molar-refractivity contribution is -0.121. The summed E-state index contributed by atoms with van der Waals surface area (Å²) in [6.45, 7) is 4.67. The Bertz CT molecular complexity index is 595. The number of carbonyl (C=O) groups excluding carboxylic acids is 2. The Kier molecular flexibility index (Phi) is 6.70. The van der Waals surface area contributed by atoms with Crippen molar-refractivity contribution in [3.05, 3.63) is 21.3 Å². The number of hydrogen-bond acceptors (Lipinski definition) is 5. The molecule has 1 saturated heterocycles. The molecule has 1 aliphatic heterocycles. The molecule has 1 saturated carbocycles. The van der Waals surface area contributed by atoms with Gasteiger partial charge in [0, 0.05) is 43.6 Å². The van der Waals surface area contributed by atoms with Gasteiger partial charge in [0.2, 0.25) is 5.91 Å². The number of piperazine rings is 1. The minimum atomic E-state index is -0.356. The van der Waals surface area contributed by atoms with E-state index < -0.39 is 0 Å². The van der Waals surface area contributed by atoms with Crippen molar-refractivity contribution in [3.8, 4) is 0 Å². The molecular weight excluding hydrogens is 360 g/mol. The van der Waals surface area contributed by atoms with Gasteiger partial charge in [-0.05, 0) is 25.0 Å². The molecule has 2 N–H and O–H groups in total. The molecule has 2 heterocycles. The summed E-state index contributed by atoms with van der Waals surface area (Å²) < 4.78 is 0.821. The second-order valence-electron chi connectivity index (χ2n) is 6.76. The molecule has 3 amide bonds. The predicted octanol–water partition coefficient (Wildman–Crippen LogP) is 2.29. The van der Waals surface area contributed by atoms with E-state index in [1.165, 1.54) is 4.88 Å². The number of carbonyl (C=O) groups is 2. The Morgan fingerprint density at radius 2 is 1.80 bits per heavy atom. The first-order valence-corrected chi connectivity index (χ1v) is 10.1. The highest BCUT2D eigenvalue weighted by molar-refractivity contribution is 7.16. The third-order valence-electron chi connectivity index (χ3n) is 4.78. The molecule has 3 rings (SSSR count). The molecule has 138 valence electrons. The number of halogens is 1. The number of thiophene rings is 1. The van der Waals surface area contributed by atoms with Crippen molar-refractivity contribution in [2.45, 2.75) is 38.3 Å². The SMILES string of the molecule is O=C(CN1CCN(Cc2ccc(Cl)s2)CC1)NC(=O)NC1CCCC1. The van der Waals surface area contributed by atoms with Gasteiger partial charge in [-0.25, -0.2) is 4.79 Å². The Labute approximate surface area is 157 Å². The number of amides is 3. The van der Waals surface area contributed by atoms with E-state index in [1.54, 1.807) is 11.3 Å². The lowest BCUT2D eigenvalue weighted by Crippen LogP contribution is -2.51. The number of urea groups is 1. The summed E-state index contributed by atoms with van der Waals surface area (Å²) >= 11 is 7.58. The molecule has 0 spiro atoms. The first-order chi connectivity index (χ1) is 12.1. The Balaban J connectivity index is 1.33. The van der Waals surface area contributed by atoms with E-state index in [0.717, 1.165) is 62.7 Å². The van der Waals surface area contributed by atoms with Crippen molar-refractivity contribution in [3.63, 3.8) is 0 Å². The summed E-state index contributed by atoms with van der Waals surface area (Å²) in [4.78, 5) is 29.6. The highest BCUT2D eigenvalue weighted by atomic mass is 35.5. The first-order valence-electron chi connectivity index (χ1n) is 8.88. The molecule has 0 aromatic carbocycles. The minimum absolute atomic E-state index is 0.224. The Hall–Kier alpha value is -1.15. The van der Waals surface area contributed by atoms with Crippen LogP contribution in [0.25, 0.3) is 0 Å². The van der Waals surface area contributed by atoms with Gasteiger partial charge < -0.3 is 5.32 Å². The smallest absolute Gasteiger partial charge is 0.321 e. The van der Waals surface area contributed by atoms with Crippen molar-refractivity contribution in [2.24, 2.45) is 0 Å². The Morgan fingerprint density at radius 1 is 1.12 bits per heavy atom. The number of rotatable bonds is 5. The van der Waals surface area contributed by atoms with Crippen molar-refractivity contribution < 1.29 is 9.59 Å². The summed E-state index contributed by atoms with van der Waals surface area (Å²) in [7, 11) is 0. The second kappa shape index (κ2) is 8.98. The Morgan fingerprint density at radius 3 is 2.44 bits per heavy atom. The third kappa shape index (κ3) is 5.95. The monoisotopic (exact) mass is 384 g/mol. The van der Waals surface area contributed by atoms with E-state index in [4.69, 9.17) is 11.6 Å². The predicted molar refractivity (Wildman–Crippen MR) is 100.0 cm³/mol. The molecular formula is C17H25ClN4O2S. The zero-order chi connectivity index (χ0) is 17.6. The molecule has 0 unspecified atom stereocenters. The lowest BCUT2D eigenvalue weighted by Gasteiger charge is -2.33. The highest BCUT2D eigenvalue weighted by Gasteiger charge is 2.22. The van der Waals surface area contributed by atoms with Gasteiger partial charge in [-0.3, -0.25) is 19.9 Å². The van der Waals surface area contributed by atoms with Crippen LogP contribution in [0.2, 0.25) is 4.34 Å². The van der Waals surface area contributed by atoms with Crippen molar-refractivity contribution >= 4 is 34.9 Å². The van der Waals surface area contributed by atoms with E-state index in [-0.39, 0.29) is 24.5 Å². The molecule has 2 fully saturated rings. The summed E-state index contributed by atoms with van der Waals surface area (Å²) in [6, 6.07) is 3.86. The van der Waals surface area contributed by atoms with E-state index in [9.17, 15) is 9.59 Å². The first kappa shape index (κ1) is 18.6. The third-order valence-corrected chi connectivity index (χ3v) is 6.00. The fraction of sp³-hybridized carbons (Fsp3) is 0.647. The van der Waals surface area contributed by atoms with Crippen LogP contribution < -0.4 is 10.6 Å². The van der Waals surface area contributed by atoms with Crippen LogP contribution in [0.1, 0.15) is 30.6 Å². The maximum atomic E-state index is 12.0. The number of imide groups is 1. The zero-order valence-electron chi connectivity index (χ0n) is 14.3. The van der Waals surface area contributed by atoms with Gasteiger partial charge in [-0.1, -0.05) is 24.4 Å². The summed E-state index contributed by atoms with van der Waals surface area (Å²) in [5, 5.41) is 5.33. The average Bonchev–Trinajstić information content (AvgIpc) is 3.21. The standard InChI is InChI=1S/C17H25ClN4O2S/c18-15-6-5-14(25-15)11-21-7-9-22(10-8-21)12-16(23)20-17(24)19-13-3-1-2-4-13/h5-6,13H,1-4,7-12H2,(H2,19,20,23,24). The molecule has 8 heteroatoms. The van der Waals surface area contributed by atoms with Gasteiger partial charge in [0.15, 0.2) is 0 Å². The van der Waals surface area contributed by atoms with Gasteiger partial charge in [0.25, 0.3) is 0 Å². The van der Waals surface area contributed by atoms with Crippen molar-refractivity contribution in [2.75, 3.05) is 32.7 Å². The normalized spacial score (nSPS) is 19.9. The molecule has 1 aromatic heterocycles.